The summed E-state index contributed by atoms with van der Waals surface area (Å²) in [5.74, 6) is -2.57. The number of aromatic nitrogens is 1. The number of aromatic hydroxyl groups is 1. The average molecular weight is 937 g/mol. The van der Waals surface area contributed by atoms with Crippen molar-refractivity contribution in [3.8, 4) is 17.2 Å². The van der Waals surface area contributed by atoms with Gasteiger partial charge in [0.05, 0.1) is 22.2 Å². The molecule has 17 nitrogen and oxygen atoms in total. The van der Waals surface area contributed by atoms with Crippen molar-refractivity contribution in [1.82, 2.24) is 25.0 Å². The van der Waals surface area contributed by atoms with Gasteiger partial charge in [-0.05, 0) is 136 Å². The second-order valence-corrected chi connectivity index (χ2v) is 18.3. The predicted molar refractivity (Wildman–Crippen MR) is 250 cm³/mol. The number of halogens is 1. The summed E-state index contributed by atoms with van der Waals surface area (Å²) in [4.78, 5) is 102. The van der Waals surface area contributed by atoms with Crippen molar-refractivity contribution >= 4 is 69.3 Å². The number of piperazine rings is 1. The molecule has 354 valence electrons. The van der Waals surface area contributed by atoms with Crippen LogP contribution < -0.4 is 25.6 Å². The number of nitrogens with zero attached hydrogens (tertiary/aromatic N) is 5. The van der Waals surface area contributed by atoms with Crippen LogP contribution in [-0.2, 0) is 19.2 Å². The van der Waals surface area contributed by atoms with Crippen LogP contribution in [0.4, 0.5) is 21.5 Å². The van der Waals surface area contributed by atoms with Crippen molar-refractivity contribution in [2.45, 2.75) is 51.0 Å². The van der Waals surface area contributed by atoms with E-state index >= 15 is 0 Å². The Morgan fingerprint density at radius 2 is 1.45 bits per heavy atom. The first-order valence-electron chi connectivity index (χ1n) is 23.2. The fourth-order valence-corrected chi connectivity index (χ4v) is 9.71. The molecule has 18 heteroatoms. The lowest BCUT2D eigenvalue weighted by Crippen LogP contribution is -2.54. The van der Waals surface area contributed by atoms with E-state index in [2.05, 4.69) is 30.7 Å². The summed E-state index contributed by atoms with van der Waals surface area (Å²) in [6, 6.07) is 20.9. The molecule has 1 unspecified atom stereocenters. The fraction of sp³-hybridized carbons (Fsp3) is 0.333. The van der Waals surface area contributed by atoms with E-state index in [-0.39, 0.29) is 41.2 Å². The minimum absolute atomic E-state index is 0.0671. The van der Waals surface area contributed by atoms with Gasteiger partial charge in [-0.2, -0.15) is 0 Å². The van der Waals surface area contributed by atoms with E-state index in [1.807, 2.05) is 6.07 Å². The van der Waals surface area contributed by atoms with Crippen LogP contribution in [0.1, 0.15) is 76.0 Å². The number of phenolic OH excluding ortho intramolecular Hbond substituents is 1. The number of carbonyl (C=O) groups excluding carboxylic acids is 7. The molecule has 10 rings (SSSR count). The summed E-state index contributed by atoms with van der Waals surface area (Å²) in [5.41, 5.74) is 1.66. The first kappa shape index (κ1) is 45.1. The highest BCUT2D eigenvalue weighted by atomic mass is 19.1. The lowest BCUT2D eigenvalue weighted by atomic mass is 9.92. The molecule has 1 atom stereocenters. The number of pyridine rings is 1. The number of anilines is 3. The van der Waals surface area contributed by atoms with Crippen molar-refractivity contribution in [3.05, 3.63) is 114 Å². The lowest BCUT2D eigenvalue weighted by Gasteiger charge is -2.37. The van der Waals surface area contributed by atoms with Gasteiger partial charge in [-0.1, -0.05) is 0 Å². The number of hydrogen-bond donors (Lipinski definition) is 4. The fourth-order valence-electron chi connectivity index (χ4n) is 9.71. The zero-order chi connectivity index (χ0) is 48.0. The van der Waals surface area contributed by atoms with Crippen LogP contribution in [0.2, 0.25) is 0 Å². The molecule has 0 radical (unpaired) electrons. The molecule has 4 aliphatic heterocycles. The van der Waals surface area contributed by atoms with E-state index < -0.39 is 52.7 Å². The molecule has 7 amide bonds. The molecule has 1 aromatic heterocycles. The van der Waals surface area contributed by atoms with Crippen molar-refractivity contribution in [2.75, 3.05) is 61.3 Å². The summed E-state index contributed by atoms with van der Waals surface area (Å²) in [5, 5.41) is 19.4. The number of hydrogen-bond acceptors (Lipinski definition) is 12. The molecule has 1 aliphatic carbocycles. The van der Waals surface area contributed by atoms with E-state index in [4.69, 9.17) is 4.74 Å². The van der Waals surface area contributed by atoms with Crippen molar-refractivity contribution in [3.63, 3.8) is 0 Å². The predicted octanol–water partition coefficient (Wildman–Crippen LogP) is 5.69. The molecule has 0 bridgehead atoms. The van der Waals surface area contributed by atoms with Gasteiger partial charge in [0.2, 0.25) is 23.6 Å². The minimum atomic E-state index is -1.21. The van der Waals surface area contributed by atoms with Gasteiger partial charge in [0.25, 0.3) is 17.7 Å². The van der Waals surface area contributed by atoms with Crippen LogP contribution in [0.15, 0.2) is 91.1 Å². The van der Waals surface area contributed by atoms with Gasteiger partial charge in [0.15, 0.2) is 0 Å². The van der Waals surface area contributed by atoms with E-state index in [0.717, 1.165) is 62.6 Å². The maximum atomic E-state index is 13.8. The molecule has 5 aromatic rings. The topological polar surface area (TPSA) is 211 Å². The number of piperidine rings is 2. The molecule has 0 spiro atoms. The van der Waals surface area contributed by atoms with E-state index in [1.165, 1.54) is 30.3 Å². The minimum Gasteiger partial charge on any atom is -0.507 e. The Morgan fingerprint density at radius 3 is 2.12 bits per heavy atom. The Morgan fingerprint density at radius 1 is 0.783 bits per heavy atom. The first-order chi connectivity index (χ1) is 33.3. The Balaban J connectivity index is 0.684. The molecule has 5 aliphatic rings. The van der Waals surface area contributed by atoms with Crippen LogP contribution in [0, 0.1) is 17.2 Å². The molecule has 3 saturated heterocycles. The van der Waals surface area contributed by atoms with Gasteiger partial charge in [0.1, 0.15) is 34.5 Å². The maximum absolute atomic E-state index is 13.8. The third-order valence-corrected chi connectivity index (χ3v) is 14.0. The van der Waals surface area contributed by atoms with Crippen molar-refractivity contribution < 1.29 is 47.8 Å². The molecular weight excluding hydrogens is 888 g/mol. The van der Waals surface area contributed by atoms with Crippen LogP contribution in [0.5, 0.6) is 17.2 Å². The van der Waals surface area contributed by atoms with Crippen LogP contribution in [0.3, 0.4) is 0 Å². The van der Waals surface area contributed by atoms with Gasteiger partial charge < -0.3 is 30.3 Å². The van der Waals surface area contributed by atoms with Crippen molar-refractivity contribution in [2.24, 2.45) is 11.3 Å². The molecule has 5 heterocycles. The summed E-state index contributed by atoms with van der Waals surface area (Å²) >= 11 is 0. The molecule has 4 N–H and O–H groups in total. The Hall–Kier alpha value is -7.73. The summed E-state index contributed by atoms with van der Waals surface area (Å²) in [7, 11) is 0. The molecular formula is C51H49FN8O9. The van der Waals surface area contributed by atoms with Gasteiger partial charge in [-0.3, -0.25) is 53.7 Å². The molecule has 4 aromatic carbocycles. The number of ether oxygens (including phenoxy) is 1. The van der Waals surface area contributed by atoms with E-state index in [1.54, 1.807) is 59.6 Å². The molecule has 69 heavy (non-hydrogen) atoms. The van der Waals surface area contributed by atoms with Gasteiger partial charge in [-0.15, -0.1) is 0 Å². The number of fused-ring (bicyclic) bond motifs is 2. The van der Waals surface area contributed by atoms with Crippen molar-refractivity contribution in [1.29, 1.82) is 0 Å². The van der Waals surface area contributed by atoms with Crippen LogP contribution in [0.25, 0.3) is 10.9 Å². The quantitative estimate of drug-likeness (QED) is 0.0878. The average Bonchev–Trinajstić information content (AvgIpc) is 4.14. The van der Waals surface area contributed by atoms with Gasteiger partial charge in [0, 0.05) is 74.3 Å². The molecule has 4 fully saturated rings. The third kappa shape index (κ3) is 9.06. The monoisotopic (exact) mass is 936 g/mol. The highest BCUT2D eigenvalue weighted by Gasteiger charge is 2.56. The molecule has 1 saturated carbocycles. The van der Waals surface area contributed by atoms with E-state index in [0.29, 0.717) is 65.6 Å². The number of benzene rings is 4. The van der Waals surface area contributed by atoms with Gasteiger partial charge in [-0.25, -0.2) is 4.39 Å². The van der Waals surface area contributed by atoms with Crippen LogP contribution in [-0.4, -0.2) is 118 Å². The highest BCUT2D eigenvalue weighted by Crippen LogP contribution is 2.48. The summed E-state index contributed by atoms with van der Waals surface area (Å²) in [6.45, 7) is 5.16. The van der Waals surface area contributed by atoms with E-state index in [9.17, 15) is 43.1 Å². The maximum Gasteiger partial charge on any atom is 0.262 e. The smallest absolute Gasteiger partial charge is 0.262 e. The Labute approximate surface area is 395 Å². The second kappa shape index (κ2) is 18.4. The SMILES string of the molecule is O=C1CCC(N2C(=O)c3ccc(N4CCN(CCC5CCN(C(=O)c6cc7nccc(Oc8ccc(NC(=O)C9(C(=O)Nc%10ccc(F)cc%10)CC9)cc8)c7cc6O)CC5)CC4)cc3C2=O)C(=O)N1. The second-order valence-electron chi connectivity index (χ2n) is 18.3. The number of likely N-dealkylation sites (tertiary alicyclic amines) is 1. The number of rotatable bonds is 12. The number of imide groups is 2. The zero-order valence-electron chi connectivity index (χ0n) is 37.5. The lowest BCUT2D eigenvalue weighted by molar-refractivity contribution is -0.136. The number of amides is 7. The Bertz CT molecular complexity index is 2910. The van der Waals surface area contributed by atoms with Crippen LogP contribution >= 0.6 is 0 Å². The largest absolute Gasteiger partial charge is 0.507 e. The highest BCUT2D eigenvalue weighted by molar-refractivity contribution is 6.24. The summed E-state index contributed by atoms with van der Waals surface area (Å²) in [6.07, 6.45) is 5.18. The Kier molecular flexibility index (Phi) is 12.0. The first-order valence-corrected chi connectivity index (χ1v) is 23.2. The normalized spacial score (nSPS) is 19.3. The number of nitrogens with one attached hydrogen (secondary N) is 3. The number of phenols is 1. The zero-order valence-corrected chi connectivity index (χ0v) is 37.5. The third-order valence-electron chi connectivity index (χ3n) is 14.0. The standard InChI is InChI=1S/C51H49FN8O9/c52-31-1-3-32(4-2-31)54-49(67)51(17-18-51)50(68)55-33-5-8-35(9-6-33)69-43-13-19-53-40-28-39(42(61)29-38(40)43)46(64)59-21-15-30(16-22-59)14-20-57-23-25-58(26-24-57)34-7-10-36-37(27-34)48(66)60(47(36)65)41-11-12-44(62)56-45(41)63/h1-10,13,19,27-30,41,61H,11-12,14-18,20-26H2,(H,54,67)(H,55,68)(H,56,62,63). The van der Waals surface area contributed by atoms with Gasteiger partial charge >= 0.3 is 0 Å². The summed E-state index contributed by atoms with van der Waals surface area (Å²) < 4.78 is 19.5. The number of carbonyl (C=O) groups is 7.